The third kappa shape index (κ3) is 6.09. The summed E-state index contributed by atoms with van der Waals surface area (Å²) in [6.07, 6.45) is -4.26. The third-order valence-corrected chi connectivity index (χ3v) is 6.10. The molecule has 2 rings (SSSR count). The molecule has 5 nitrogen and oxygen atoms in total. The van der Waals surface area contributed by atoms with Gasteiger partial charge in [-0.1, -0.05) is 36.9 Å². The fourth-order valence-corrected chi connectivity index (χ4v) is 3.23. The highest BCUT2D eigenvalue weighted by atomic mass is 32.2. The lowest BCUT2D eigenvalue weighted by molar-refractivity contribution is -0.137. The molecule has 0 aromatic heterocycles. The van der Waals surface area contributed by atoms with Crippen LogP contribution in [0.2, 0.25) is 0 Å². The standard InChI is InChI=1S/C21H23F3N2O3S/c1-14(2)30(28,29)26-19-13-17(21(22,23)24)9-10-18(19)20(27)25-12-11-15(3)16-7-5-4-6-8-16/h4-10,13-14,26H,3,11-12H2,1-2H3,(H,25,27). The van der Waals surface area contributed by atoms with E-state index in [4.69, 9.17) is 0 Å². The summed E-state index contributed by atoms with van der Waals surface area (Å²) in [6.45, 7) is 6.89. The van der Waals surface area contributed by atoms with Crippen LogP contribution in [0.3, 0.4) is 0 Å². The van der Waals surface area contributed by atoms with Crippen molar-refractivity contribution in [2.45, 2.75) is 31.7 Å². The first-order chi connectivity index (χ1) is 13.9. The molecular weight excluding hydrogens is 417 g/mol. The number of benzene rings is 2. The second kappa shape index (κ2) is 9.34. The van der Waals surface area contributed by atoms with Crippen molar-refractivity contribution in [2.24, 2.45) is 0 Å². The zero-order valence-electron chi connectivity index (χ0n) is 16.6. The summed E-state index contributed by atoms with van der Waals surface area (Å²) in [5.74, 6) is -0.689. The summed E-state index contributed by atoms with van der Waals surface area (Å²) in [4.78, 5) is 12.5. The molecule has 0 radical (unpaired) electrons. The Bertz CT molecular complexity index is 1020. The number of halogens is 3. The van der Waals surface area contributed by atoms with Gasteiger partial charge in [0.25, 0.3) is 5.91 Å². The molecule has 0 bridgehead atoms. The third-order valence-electron chi connectivity index (χ3n) is 4.36. The molecule has 1 amide bonds. The Morgan fingerprint density at radius 3 is 2.30 bits per heavy atom. The maximum absolute atomic E-state index is 13.1. The lowest BCUT2D eigenvalue weighted by atomic mass is 10.0. The van der Waals surface area contributed by atoms with Crippen molar-refractivity contribution in [3.05, 3.63) is 71.8 Å². The summed E-state index contributed by atoms with van der Waals surface area (Å²) in [5.41, 5.74) is 0.0177. The molecule has 0 atom stereocenters. The normalized spacial score (nSPS) is 11.9. The van der Waals surface area contributed by atoms with E-state index in [1.165, 1.54) is 13.8 Å². The maximum atomic E-state index is 13.1. The summed E-state index contributed by atoms with van der Waals surface area (Å²) in [5, 5.41) is 1.71. The second-order valence-electron chi connectivity index (χ2n) is 6.93. The number of carbonyl (C=O) groups excluding carboxylic acids is 1. The fraction of sp³-hybridized carbons (Fsp3) is 0.286. The van der Waals surface area contributed by atoms with Crippen molar-refractivity contribution in [1.82, 2.24) is 5.32 Å². The Kier molecular flexibility index (Phi) is 7.30. The van der Waals surface area contributed by atoms with E-state index in [2.05, 4.69) is 16.6 Å². The maximum Gasteiger partial charge on any atom is 0.416 e. The Morgan fingerprint density at radius 1 is 1.10 bits per heavy atom. The number of hydrogen-bond donors (Lipinski definition) is 2. The molecule has 0 unspecified atom stereocenters. The van der Waals surface area contributed by atoms with E-state index < -0.39 is 38.6 Å². The topological polar surface area (TPSA) is 75.3 Å². The SMILES string of the molecule is C=C(CCNC(=O)c1ccc(C(F)(F)F)cc1NS(=O)(=O)C(C)C)c1ccccc1. The van der Waals surface area contributed by atoms with E-state index in [1.807, 2.05) is 30.3 Å². The first-order valence-electron chi connectivity index (χ1n) is 9.16. The number of amides is 1. The zero-order chi connectivity index (χ0) is 22.5. The number of carbonyl (C=O) groups is 1. The zero-order valence-corrected chi connectivity index (χ0v) is 17.4. The number of sulfonamides is 1. The van der Waals surface area contributed by atoms with Gasteiger partial charge < -0.3 is 5.32 Å². The molecule has 30 heavy (non-hydrogen) atoms. The van der Waals surface area contributed by atoms with Crippen molar-refractivity contribution < 1.29 is 26.4 Å². The quantitative estimate of drug-likeness (QED) is 0.625. The van der Waals surface area contributed by atoms with Gasteiger partial charge in [-0.15, -0.1) is 0 Å². The smallest absolute Gasteiger partial charge is 0.352 e. The molecule has 0 aliphatic carbocycles. The van der Waals surface area contributed by atoms with Gasteiger partial charge in [0.2, 0.25) is 10.0 Å². The minimum Gasteiger partial charge on any atom is -0.352 e. The van der Waals surface area contributed by atoms with Crippen LogP contribution < -0.4 is 10.0 Å². The highest BCUT2D eigenvalue weighted by molar-refractivity contribution is 7.93. The molecule has 9 heteroatoms. The van der Waals surface area contributed by atoms with E-state index in [0.29, 0.717) is 12.5 Å². The van der Waals surface area contributed by atoms with E-state index in [9.17, 15) is 26.4 Å². The molecule has 0 aliphatic rings. The van der Waals surface area contributed by atoms with Gasteiger partial charge in [0.05, 0.1) is 22.1 Å². The van der Waals surface area contributed by atoms with Gasteiger partial charge in [0.15, 0.2) is 0 Å². The minimum atomic E-state index is -4.68. The molecule has 0 saturated carbocycles. The van der Waals surface area contributed by atoms with Crippen LogP contribution in [0.4, 0.5) is 18.9 Å². The molecular formula is C21H23F3N2O3S. The predicted octanol–water partition coefficient (Wildman–Crippen LogP) is 4.69. The number of hydrogen-bond acceptors (Lipinski definition) is 3. The minimum absolute atomic E-state index is 0.184. The molecule has 2 N–H and O–H groups in total. The molecule has 0 fully saturated rings. The lowest BCUT2D eigenvalue weighted by Crippen LogP contribution is -2.28. The van der Waals surface area contributed by atoms with E-state index in [1.54, 1.807) is 0 Å². The van der Waals surface area contributed by atoms with Gasteiger partial charge >= 0.3 is 6.18 Å². The van der Waals surface area contributed by atoms with Crippen molar-refractivity contribution in [2.75, 3.05) is 11.3 Å². The van der Waals surface area contributed by atoms with Crippen molar-refractivity contribution in [3.63, 3.8) is 0 Å². The van der Waals surface area contributed by atoms with Crippen LogP contribution in [0.1, 0.15) is 41.8 Å². The summed E-state index contributed by atoms with van der Waals surface area (Å²) in [7, 11) is -3.95. The fourth-order valence-electron chi connectivity index (χ4n) is 2.51. The van der Waals surface area contributed by atoms with Crippen molar-refractivity contribution in [3.8, 4) is 0 Å². The first-order valence-corrected chi connectivity index (χ1v) is 10.7. The highest BCUT2D eigenvalue weighted by Crippen LogP contribution is 2.33. The molecule has 2 aromatic rings. The van der Waals surface area contributed by atoms with Gasteiger partial charge in [-0.2, -0.15) is 13.2 Å². The molecule has 0 saturated heterocycles. The predicted molar refractivity (Wildman–Crippen MR) is 112 cm³/mol. The Labute approximate surface area is 174 Å². The van der Waals surface area contributed by atoms with E-state index >= 15 is 0 Å². The monoisotopic (exact) mass is 440 g/mol. The van der Waals surface area contributed by atoms with Gasteiger partial charge in [0, 0.05) is 6.54 Å². The van der Waals surface area contributed by atoms with Gasteiger partial charge in [-0.05, 0) is 49.6 Å². The number of rotatable bonds is 8. The largest absolute Gasteiger partial charge is 0.416 e. The average Bonchev–Trinajstić information content (AvgIpc) is 2.67. The van der Waals surface area contributed by atoms with Crippen LogP contribution >= 0.6 is 0 Å². The van der Waals surface area contributed by atoms with Gasteiger partial charge in [0.1, 0.15) is 0 Å². The lowest BCUT2D eigenvalue weighted by Gasteiger charge is -2.17. The summed E-state index contributed by atoms with van der Waals surface area (Å²) in [6, 6.07) is 11.6. The van der Waals surface area contributed by atoms with Crippen molar-refractivity contribution >= 4 is 27.2 Å². The molecule has 2 aromatic carbocycles. The first kappa shape index (κ1) is 23.5. The van der Waals surface area contributed by atoms with Crippen LogP contribution in [0.25, 0.3) is 5.57 Å². The van der Waals surface area contributed by atoms with Crippen molar-refractivity contribution in [1.29, 1.82) is 0 Å². The summed E-state index contributed by atoms with van der Waals surface area (Å²) >= 11 is 0. The number of anilines is 1. The molecule has 0 aliphatic heterocycles. The van der Waals surface area contributed by atoms with Crippen LogP contribution in [0.5, 0.6) is 0 Å². The Balaban J connectivity index is 2.19. The Morgan fingerprint density at radius 2 is 1.73 bits per heavy atom. The molecule has 162 valence electrons. The Hall–Kier alpha value is -2.81. The van der Waals surface area contributed by atoms with Crippen LogP contribution in [-0.2, 0) is 16.2 Å². The van der Waals surface area contributed by atoms with E-state index in [-0.39, 0.29) is 12.1 Å². The molecule has 0 heterocycles. The second-order valence-corrected chi connectivity index (χ2v) is 9.17. The number of alkyl halides is 3. The van der Waals surface area contributed by atoms with Crippen LogP contribution in [0.15, 0.2) is 55.1 Å². The van der Waals surface area contributed by atoms with E-state index in [0.717, 1.165) is 23.3 Å². The van der Waals surface area contributed by atoms with Gasteiger partial charge in [-0.25, -0.2) is 8.42 Å². The van der Waals surface area contributed by atoms with Gasteiger partial charge in [-0.3, -0.25) is 9.52 Å². The average molecular weight is 440 g/mol. The number of nitrogens with one attached hydrogen (secondary N) is 2. The summed E-state index contributed by atoms with van der Waals surface area (Å²) < 4.78 is 65.6. The van der Waals surface area contributed by atoms with Crippen LogP contribution in [-0.4, -0.2) is 26.1 Å². The van der Waals surface area contributed by atoms with Crippen LogP contribution in [0, 0.1) is 0 Å². The highest BCUT2D eigenvalue weighted by Gasteiger charge is 2.32. The molecule has 0 spiro atoms.